The molecule has 0 amide bonds. The maximum atomic E-state index is 12.3. The molecule has 1 aromatic carbocycles. The minimum Gasteiger partial charge on any atom is -0.465 e. The van der Waals surface area contributed by atoms with Crippen molar-refractivity contribution in [1.82, 2.24) is 4.31 Å². The van der Waals surface area contributed by atoms with E-state index >= 15 is 0 Å². The molecule has 0 unspecified atom stereocenters. The number of carbonyl (C=O) groups excluding carboxylic acids is 1. The number of rotatable bonds is 2. The van der Waals surface area contributed by atoms with Crippen molar-refractivity contribution < 1.29 is 17.9 Å². The molecule has 0 atom stereocenters. The molecule has 18 heavy (non-hydrogen) atoms. The van der Waals surface area contributed by atoms with Crippen LogP contribution in [0.2, 0.25) is 0 Å². The number of hydrogen-bond donors (Lipinski definition) is 0. The highest BCUT2D eigenvalue weighted by Gasteiger charge is 2.38. The lowest BCUT2D eigenvalue weighted by Crippen LogP contribution is -2.31. The molecule has 1 aromatic rings. The van der Waals surface area contributed by atoms with Gasteiger partial charge in [-0.25, -0.2) is 13.2 Å². The Balaban J connectivity index is 2.61. The average Bonchev–Trinajstić information content (AvgIpc) is 2.60. The van der Waals surface area contributed by atoms with Gasteiger partial charge < -0.3 is 4.74 Å². The molecule has 0 fully saturated rings. The zero-order valence-electron chi connectivity index (χ0n) is 10.5. The maximum absolute atomic E-state index is 12.3. The molecule has 0 spiro atoms. The topological polar surface area (TPSA) is 63.7 Å². The maximum Gasteiger partial charge on any atom is 0.338 e. The van der Waals surface area contributed by atoms with Crippen LogP contribution < -0.4 is 0 Å². The van der Waals surface area contributed by atoms with Crippen LogP contribution in [0, 0.1) is 0 Å². The molecule has 0 aromatic heterocycles. The van der Waals surface area contributed by atoms with Crippen molar-refractivity contribution in [3.63, 3.8) is 0 Å². The van der Waals surface area contributed by atoms with E-state index in [1.54, 1.807) is 26.0 Å². The summed E-state index contributed by atoms with van der Waals surface area (Å²) >= 11 is 0. The molecule has 98 valence electrons. The minimum atomic E-state index is -3.48. The van der Waals surface area contributed by atoms with Crippen molar-refractivity contribution in [1.29, 1.82) is 0 Å². The molecular weight excluding hydrogens is 254 g/mol. The molecule has 0 aliphatic carbocycles. The van der Waals surface area contributed by atoms with Crippen LogP contribution in [0.1, 0.15) is 29.8 Å². The van der Waals surface area contributed by atoms with Gasteiger partial charge >= 0.3 is 5.97 Å². The predicted octanol–water partition coefficient (Wildman–Crippen LogP) is 1.39. The number of fused-ring (bicyclic) bond motifs is 1. The molecule has 1 aliphatic rings. The molecule has 0 N–H and O–H groups in total. The second-order valence-corrected chi connectivity index (χ2v) is 6.28. The van der Waals surface area contributed by atoms with Gasteiger partial charge in [0.1, 0.15) is 0 Å². The lowest BCUT2D eigenvalue weighted by Gasteiger charge is -2.18. The van der Waals surface area contributed by atoms with Gasteiger partial charge in [0.05, 0.1) is 17.6 Å². The van der Waals surface area contributed by atoms with E-state index in [9.17, 15) is 13.2 Å². The third kappa shape index (κ3) is 1.81. The van der Waals surface area contributed by atoms with E-state index in [0.29, 0.717) is 11.1 Å². The first-order valence-electron chi connectivity index (χ1n) is 5.61. The number of esters is 1. The number of nitrogens with zero attached hydrogens (tertiary/aromatic N) is 1. The summed E-state index contributed by atoms with van der Waals surface area (Å²) in [5.74, 6) is -0.507. The Hall–Kier alpha value is -1.40. The zero-order chi connectivity index (χ0) is 13.5. The standard InChI is InChI=1S/C12H15NO4S/c1-8(2)13-7-10-9(12(14)17-3)5-4-6-11(10)18(13,15)16/h4-6,8H,7H2,1-3H3. The molecule has 0 saturated carbocycles. The highest BCUT2D eigenvalue weighted by Crippen LogP contribution is 2.34. The Morgan fingerprint density at radius 3 is 2.61 bits per heavy atom. The van der Waals surface area contributed by atoms with E-state index < -0.39 is 16.0 Å². The molecule has 1 aliphatic heterocycles. The van der Waals surface area contributed by atoms with E-state index in [2.05, 4.69) is 4.74 Å². The fourth-order valence-electron chi connectivity index (χ4n) is 2.10. The molecular formula is C12H15NO4S. The van der Waals surface area contributed by atoms with Crippen LogP contribution in [0.3, 0.4) is 0 Å². The normalized spacial score (nSPS) is 17.8. The van der Waals surface area contributed by atoms with Crippen LogP contribution in [0.15, 0.2) is 23.1 Å². The number of ether oxygens (including phenoxy) is 1. The van der Waals surface area contributed by atoms with Crippen molar-refractivity contribution in [2.75, 3.05) is 7.11 Å². The van der Waals surface area contributed by atoms with Crippen molar-refractivity contribution in [2.24, 2.45) is 0 Å². The molecule has 5 nitrogen and oxygen atoms in total. The fourth-order valence-corrected chi connectivity index (χ4v) is 3.94. The number of hydrogen-bond acceptors (Lipinski definition) is 4. The SMILES string of the molecule is COC(=O)c1cccc2c1CN(C(C)C)S2(=O)=O. The van der Waals surface area contributed by atoms with Crippen molar-refractivity contribution in [3.05, 3.63) is 29.3 Å². The summed E-state index contributed by atoms with van der Waals surface area (Å²) in [6, 6.07) is 4.53. The first-order chi connectivity index (χ1) is 8.39. The van der Waals surface area contributed by atoms with E-state index in [-0.39, 0.29) is 17.5 Å². The molecule has 0 bridgehead atoms. The van der Waals surface area contributed by atoms with Gasteiger partial charge in [-0.1, -0.05) is 6.07 Å². The van der Waals surface area contributed by atoms with Crippen LogP contribution in [0.4, 0.5) is 0 Å². The van der Waals surface area contributed by atoms with Crippen LogP contribution in [0.5, 0.6) is 0 Å². The largest absolute Gasteiger partial charge is 0.465 e. The Morgan fingerprint density at radius 2 is 2.06 bits per heavy atom. The smallest absolute Gasteiger partial charge is 0.338 e. The van der Waals surface area contributed by atoms with E-state index in [1.807, 2.05) is 0 Å². The zero-order valence-corrected chi connectivity index (χ0v) is 11.3. The van der Waals surface area contributed by atoms with Gasteiger partial charge in [-0.15, -0.1) is 0 Å². The third-order valence-electron chi connectivity index (χ3n) is 3.01. The minimum absolute atomic E-state index is 0.145. The lowest BCUT2D eigenvalue weighted by atomic mass is 10.1. The summed E-state index contributed by atoms with van der Waals surface area (Å²) in [6.45, 7) is 3.84. The van der Waals surface area contributed by atoms with Gasteiger partial charge in [0, 0.05) is 18.2 Å². The summed E-state index contributed by atoms with van der Waals surface area (Å²) in [7, 11) is -2.20. The van der Waals surface area contributed by atoms with Gasteiger partial charge in [-0.3, -0.25) is 0 Å². The molecule has 0 radical (unpaired) electrons. The molecule has 6 heteroatoms. The highest BCUT2D eigenvalue weighted by molar-refractivity contribution is 7.89. The van der Waals surface area contributed by atoms with Crippen LogP contribution >= 0.6 is 0 Å². The van der Waals surface area contributed by atoms with Crippen LogP contribution in [0.25, 0.3) is 0 Å². The lowest BCUT2D eigenvalue weighted by molar-refractivity contribution is 0.0598. The number of benzene rings is 1. The number of sulfonamides is 1. The number of methoxy groups -OCH3 is 1. The molecule has 1 heterocycles. The second-order valence-electron chi connectivity index (χ2n) is 4.42. The average molecular weight is 269 g/mol. The van der Waals surface area contributed by atoms with Gasteiger partial charge in [-0.05, 0) is 26.0 Å². The second kappa shape index (κ2) is 4.37. The Kier molecular flexibility index (Phi) is 3.16. The molecule has 2 rings (SSSR count). The molecule has 0 saturated heterocycles. The van der Waals surface area contributed by atoms with Gasteiger partial charge in [0.2, 0.25) is 10.0 Å². The van der Waals surface area contributed by atoms with Crippen LogP contribution in [-0.2, 0) is 21.3 Å². The van der Waals surface area contributed by atoms with Crippen molar-refractivity contribution in [3.8, 4) is 0 Å². The first kappa shape index (κ1) is 13.0. The van der Waals surface area contributed by atoms with Crippen LogP contribution in [-0.4, -0.2) is 31.8 Å². The summed E-state index contributed by atoms with van der Waals surface area (Å²) in [4.78, 5) is 11.8. The predicted molar refractivity (Wildman–Crippen MR) is 65.6 cm³/mol. The summed E-state index contributed by atoms with van der Waals surface area (Å²) in [5, 5.41) is 0. The first-order valence-corrected chi connectivity index (χ1v) is 7.05. The van der Waals surface area contributed by atoms with E-state index in [0.717, 1.165) is 0 Å². The summed E-state index contributed by atoms with van der Waals surface area (Å²) in [6.07, 6.45) is 0. The van der Waals surface area contributed by atoms with Gasteiger partial charge in [0.15, 0.2) is 0 Å². The fraction of sp³-hybridized carbons (Fsp3) is 0.417. The van der Waals surface area contributed by atoms with E-state index in [1.165, 1.54) is 17.5 Å². The Morgan fingerprint density at radius 1 is 1.39 bits per heavy atom. The van der Waals surface area contributed by atoms with Gasteiger partial charge in [0.25, 0.3) is 0 Å². The van der Waals surface area contributed by atoms with Crippen molar-refractivity contribution in [2.45, 2.75) is 31.3 Å². The Labute approximate surface area is 106 Å². The Bertz CT molecular complexity index is 592. The van der Waals surface area contributed by atoms with Crippen molar-refractivity contribution >= 4 is 16.0 Å². The highest BCUT2D eigenvalue weighted by atomic mass is 32.2. The number of carbonyl (C=O) groups is 1. The third-order valence-corrected chi connectivity index (χ3v) is 5.12. The quantitative estimate of drug-likeness (QED) is 0.761. The monoisotopic (exact) mass is 269 g/mol. The summed E-state index contributed by atoms with van der Waals surface area (Å²) in [5.41, 5.74) is 0.847. The summed E-state index contributed by atoms with van der Waals surface area (Å²) < 4.78 is 30.6. The van der Waals surface area contributed by atoms with Gasteiger partial charge in [-0.2, -0.15) is 4.31 Å². The van der Waals surface area contributed by atoms with E-state index in [4.69, 9.17) is 0 Å².